The molecule has 0 N–H and O–H groups in total. The maximum atomic E-state index is 11.1. The summed E-state index contributed by atoms with van der Waals surface area (Å²) >= 11 is 0. The standard InChI is InChI=1S/C11H22NO3/c1-3-4-5-8-12(9-6-7-10-12)15-11(13)14-2/h3-10H2,1-2H3/q+1. The number of carbonyl (C=O) groups is 1. The molecule has 0 aliphatic carbocycles. The van der Waals surface area contributed by atoms with E-state index in [1.807, 2.05) is 0 Å². The van der Waals surface area contributed by atoms with Gasteiger partial charge in [0.1, 0.15) is 19.6 Å². The molecule has 1 aliphatic heterocycles. The molecule has 0 aromatic rings. The lowest BCUT2D eigenvalue weighted by atomic mass is 10.2. The second-order valence-corrected chi connectivity index (χ2v) is 4.19. The van der Waals surface area contributed by atoms with Crippen LogP contribution in [0.25, 0.3) is 0 Å². The Labute approximate surface area is 91.7 Å². The van der Waals surface area contributed by atoms with Gasteiger partial charge in [0, 0.05) is 19.3 Å². The molecule has 4 nitrogen and oxygen atoms in total. The number of nitrogens with zero attached hydrogens (tertiary/aromatic N) is 1. The van der Waals surface area contributed by atoms with E-state index >= 15 is 0 Å². The van der Waals surface area contributed by atoms with Crippen LogP contribution in [0.3, 0.4) is 0 Å². The van der Waals surface area contributed by atoms with Crippen molar-refractivity contribution < 1.29 is 19.0 Å². The minimum absolute atomic E-state index is 0.479. The highest BCUT2D eigenvalue weighted by atomic mass is 16.8. The first-order chi connectivity index (χ1) is 7.22. The first kappa shape index (κ1) is 12.3. The summed E-state index contributed by atoms with van der Waals surface area (Å²) in [4.78, 5) is 16.5. The fourth-order valence-corrected chi connectivity index (χ4v) is 2.12. The van der Waals surface area contributed by atoms with Crippen molar-refractivity contribution in [3.63, 3.8) is 0 Å². The molecule has 0 spiro atoms. The smallest absolute Gasteiger partial charge is 0.434 e. The van der Waals surface area contributed by atoms with Crippen LogP contribution in [-0.4, -0.2) is 37.5 Å². The normalized spacial score (nSPS) is 18.8. The number of hydrogen-bond acceptors (Lipinski definition) is 3. The highest BCUT2D eigenvalue weighted by molar-refractivity contribution is 5.58. The van der Waals surface area contributed by atoms with E-state index in [0.717, 1.165) is 38.9 Å². The van der Waals surface area contributed by atoms with E-state index in [2.05, 4.69) is 11.7 Å². The number of ether oxygens (including phenoxy) is 1. The SMILES string of the molecule is CCCCC[N+]1(OC(=O)OC)CCCC1. The average molecular weight is 216 g/mol. The first-order valence-corrected chi connectivity index (χ1v) is 5.86. The zero-order chi connectivity index (χ0) is 11.1. The predicted molar refractivity (Wildman–Crippen MR) is 57.1 cm³/mol. The number of hydrogen-bond donors (Lipinski definition) is 0. The number of methoxy groups -OCH3 is 1. The van der Waals surface area contributed by atoms with E-state index in [1.54, 1.807) is 0 Å². The van der Waals surface area contributed by atoms with E-state index in [-0.39, 0.29) is 0 Å². The summed E-state index contributed by atoms with van der Waals surface area (Å²) in [6.45, 7) is 5.00. The molecule has 0 saturated carbocycles. The van der Waals surface area contributed by atoms with Crippen LogP contribution in [0.5, 0.6) is 0 Å². The second kappa shape index (κ2) is 5.95. The first-order valence-electron chi connectivity index (χ1n) is 5.86. The van der Waals surface area contributed by atoms with Crippen LogP contribution in [0.15, 0.2) is 0 Å². The largest absolute Gasteiger partial charge is 0.559 e. The number of rotatable bonds is 5. The minimum Gasteiger partial charge on any atom is -0.434 e. The van der Waals surface area contributed by atoms with Crippen LogP contribution < -0.4 is 0 Å². The Hall–Kier alpha value is -0.770. The fraction of sp³-hybridized carbons (Fsp3) is 0.909. The molecule has 0 unspecified atom stereocenters. The molecule has 0 amide bonds. The molecule has 1 saturated heterocycles. The van der Waals surface area contributed by atoms with Crippen LogP contribution >= 0.6 is 0 Å². The average Bonchev–Trinajstić information content (AvgIpc) is 2.67. The van der Waals surface area contributed by atoms with Gasteiger partial charge >= 0.3 is 6.16 Å². The number of carbonyl (C=O) groups excluding carboxylic acids is 1. The molecule has 15 heavy (non-hydrogen) atoms. The molecule has 0 aromatic carbocycles. The van der Waals surface area contributed by atoms with E-state index in [9.17, 15) is 4.79 Å². The lowest BCUT2D eigenvalue weighted by Crippen LogP contribution is -2.47. The highest BCUT2D eigenvalue weighted by Gasteiger charge is 2.37. The molecule has 88 valence electrons. The van der Waals surface area contributed by atoms with Crippen molar-refractivity contribution in [1.82, 2.24) is 0 Å². The van der Waals surface area contributed by atoms with Gasteiger partial charge in [0.05, 0.1) is 7.11 Å². The van der Waals surface area contributed by atoms with Gasteiger partial charge in [-0.1, -0.05) is 13.3 Å². The monoisotopic (exact) mass is 216 g/mol. The van der Waals surface area contributed by atoms with E-state index in [0.29, 0.717) is 4.65 Å². The maximum absolute atomic E-state index is 11.1. The van der Waals surface area contributed by atoms with Crippen molar-refractivity contribution in [2.24, 2.45) is 0 Å². The van der Waals surface area contributed by atoms with Crippen LogP contribution in [0, 0.1) is 0 Å². The van der Waals surface area contributed by atoms with Crippen molar-refractivity contribution in [2.45, 2.75) is 39.0 Å². The molecule has 4 heteroatoms. The van der Waals surface area contributed by atoms with Crippen LogP contribution in [-0.2, 0) is 9.57 Å². The van der Waals surface area contributed by atoms with Gasteiger partial charge in [-0.05, 0) is 6.42 Å². The van der Waals surface area contributed by atoms with Crippen molar-refractivity contribution >= 4 is 6.16 Å². The van der Waals surface area contributed by atoms with Gasteiger partial charge in [0.25, 0.3) is 0 Å². The Morgan fingerprint density at radius 1 is 1.27 bits per heavy atom. The van der Waals surface area contributed by atoms with Gasteiger partial charge in [-0.3, -0.25) is 0 Å². The third-order valence-electron chi connectivity index (χ3n) is 2.99. The van der Waals surface area contributed by atoms with E-state index in [4.69, 9.17) is 4.84 Å². The minimum atomic E-state index is -0.548. The Morgan fingerprint density at radius 3 is 2.47 bits per heavy atom. The Kier molecular flexibility index (Phi) is 4.88. The highest BCUT2D eigenvalue weighted by Crippen LogP contribution is 2.22. The summed E-state index contributed by atoms with van der Waals surface area (Å²) in [7, 11) is 1.36. The van der Waals surface area contributed by atoms with Crippen LogP contribution in [0.2, 0.25) is 0 Å². The van der Waals surface area contributed by atoms with E-state index in [1.165, 1.54) is 20.0 Å². The molecule has 1 heterocycles. The molecule has 0 aromatic heterocycles. The summed E-state index contributed by atoms with van der Waals surface area (Å²) in [5, 5.41) is 0. The third-order valence-corrected chi connectivity index (χ3v) is 2.99. The molecule has 0 bridgehead atoms. The second-order valence-electron chi connectivity index (χ2n) is 4.19. The fourth-order valence-electron chi connectivity index (χ4n) is 2.12. The van der Waals surface area contributed by atoms with Gasteiger partial charge in [-0.25, -0.2) is 4.84 Å². The summed E-state index contributed by atoms with van der Waals surface area (Å²) in [6, 6.07) is 0. The zero-order valence-electron chi connectivity index (χ0n) is 9.83. The predicted octanol–water partition coefficient (Wildman–Crippen LogP) is 2.49. The van der Waals surface area contributed by atoms with Crippen LogP contribution in [0.1, 0.15) is 39.0 Å². The number of likely N-dealkylation sites (tertiary alicyclic amines) is 1. The summed E-state index contributed by atoms with van der Waals surface area (Å²) in [5.74, 6) is 0. The van der Waals surface area contributed by atoms with Crippen LogP contribution in [0.4, 0.5) is 4.79 Å². The number of quaternary nitrogens is 1. The molecule has 0 radical (unpaired) electrons. The third kappa shape index (κ3) is 3.70. The van der Waals surface area contributed by atoms with Crippen molar-refractivity contribution in [3.05, 3.63) is 0 Å². The maximum Gasteiger partial charge on any atom is 0.559 e. The molecular weight excluding hydrogens is 194 g/mol. The molecule has 1 fully saturated rings. The molecular formula is C11H22NO3+. The van der Waals surface area contributed by atoms with Gasteiger partial charge in [-0.15, -0.1) is 4.65 Å². The molecule has 1 aliphatic rings. The summed E-state index contributed by atoms with van der Waals surface area (Å²) in [6.07, 6.45) is 5.25. The van der Waals surface area contributed by atoms with Crippen molar-refractivity contribution in [1.29, 1.82) is 0 Å². The summed E-state index contributed by atoms with van der Waals surface area (Å²) in [5.41, 5.74) is 0. The van der Waals surface area contributed by atoms with Gasteiger partial charge in [0.2, 0.25) is 0 Å². The number of unbranched alkanes of at least 4 members (excludes halogenated alkanes) is 2. The quantitative estimate of drug-likeness (QED) is 0.402. The molecule has 1 rings (SSSR count). The van der Waals surface area contributed by atoms with Gasteiger partial charge in [0.15, 0.2) is 0 Å². The number of hydroxylamine groups is 3. The molecule has 0 atom stereocenters. The topological polar surface area (TPSA) is 35.5 Å². The summed E-state index contributed by atoms with van der Waals surface area (Å²) < 4.78 is 5.05. The Bertz CT molecular complexity index is 200. The lowest BCUT2D eigenvalue weighted by molar-refractivity contribution is -1.08. The van der Waals surface area contributed by atoms with Gasteiger partial charge < -0.3 is 4.74 Å². The Morgan fingerprint density at radius 2 is 1.93 bits per heavy atom. The van der Waals surface area contributed by atoms with Crippen molar-refractivity contribution in [3.8, 4) is 0 Å². The van der Waals surface area contributed by atoms with Crippen molar-refractivity contribution in [2.75, 3.05) is 26.7 Å². The zero-order valence-corrected chi connectivity index (χ0v) is 9.83. The lowest BCUT2D eigenvalue weighted by Gasteiger charge is -2.28. The Balaban J connectivity index is 2.42. The van der Waals surface area contributed by atoms with Gasteiger partial charge in [-0.2, -0.15) is 4.79 Å². The van der Waals surface area contributed by atoms with E-state index < -0.39 is 6.16 Å².